The minimum atomic E-state index is -0.570. The Hall–Kier alpha value is -3.12. The van der Waals surface area contributed by atoms with Crippen molar-refractivity contribution in [3.8, 4) is 0 Å². The number of halogens is 1. The molecule has 0 saturated carbocycles. The van der Waals surface area contributed by atoms with Crippen LogP contribution in [0.25, 0.3) is 0 Å². The summed E-state index contributed by atoms with van der Waals surface area (Å²) in [6, 6.07) is 14.4. The Morgan fingerprint density at radius 3 is 2.62 bits per heavy atom. The minimum absolute atomic E-state index is 0.00826. The zero-order chi connectivity index (χ0) is 22.8. The Labute approximate surface area is 192 Å². The third-order valence-corrected chi connectivity index (χ3v) is 6.47. The fraction of sp³-hybridized carbons (Fsp3) is 0.320. The highest BCUT2D eigenvalue weighted by Gasteiger charge is 2.39. The summed E-state index contributed by atoms with van der Waals surface area (Å²) >= 11 is 6.26. The number of rotatable bonds is 5. The Morgan fingerprint density at radius 2 is 1.88 bits per heavy atom. The number of carbonyl (C=O) groups is 3. The van der Waals surface area contributed by atoms with Crippen LogP contribution in [0.3, 0.4) is 0 Å². The predicted molar refractivity (Wildman–Crippen MR) is 126 cm³/mol. The molecule has 2 aromatic rings. The van der Waals surface area contributed by atoms with Gasteiger partial charge in [0.2, 0.25) is 0 Å². The first-order valence-corrected chi connectivity index (χ1v) is 11.3. The van der Waals surface area contributed by atoms with Gasteiger partial charge in [0.15, 0.2) is 0 Å². The third kappa shape index (κ3) is 4.02. The van der Waals surface area contributed by atoms with E-state index in [9.17, 15) is 14.4 Å². The van der Waals surface area contributed by atoms with Crippen LogP contribution in [0.5, 0.6) is 0 Å². The summed E-state index contributed by atoms with van der Waals surface area (Å²) < 4.78 is 0. The van der Waals surface area contributed by atoms with E-state index in [1.807, 2.05) is 24.0 Å². The smallest absolute Gasteiger partial charge is 0.283 e. The molecule has 0 radical (unpaired) electrons. The highest BCUT2D eigenvalue weighted by molar-refractivity contribution is 6.53. The Balaban J connectivity index is 1.57. The summed E-state index contributed by atoms with van der Waals surface area (Å²) in [6.45, 7) is 4.68. The molecule has 0 aliphatic carbocycles. The molecule has 2 aliphatic rings. The van der Waals surface area contributed by atoms with Crippen LogP contribution >= 0.6 is 11.6 Å². The van der Waals surface area contributed by atoms with Crippen LogP contribution in [0.4, 0.5) is 11.4 Å². The Morgan fingerprint density at radius 1 is 1.09 bits per heavy atom. The highest BCUT2D eigenvalue weighted by Crippen LogP contribution is 2.32. The second-order valence-corrected chi connectivity index (χ2v) is 8.56. The molecule has 1 saturated heterocycles. The van der Waals surface area contributed by atoms with Gasteiger partial charge in [-0.3, -0.25) is 14.4 Å². The van der Waals surface area contributed by atoms with Crippen molar-refractivity contribution in [3.05, 3.63) is 70.4 Å². The molecule has 32 heavy (non-hydrogen) atoms. The van der Waals surface area contributed by atoms with Crippen molar-refractivity contribution in [1.82, 2.24) is 4.90 Å². The topological polar surface area (TPSA) is 69.7 Å². The maximum absolute atomic E-state index is 13.1. The fourth-order valence-electron chi connectivity index (χ4n) is 4.38. The molecule has 3 amide bonds. The molecule has 2 aromatic carbocycles. The van der Waals surface area contributed by atoms with Crippen molar-refractivity contribution in [2.24, 2.45) is 0 Å². The zero-order valence-electron chi connectivity index (χ0n) is 18.2. The number of hydrogen-bond donors (Lipinski definition) is 1. The van der Waals surface area contributed by atoms with Crippen molar-refractivity contribution >= 4 is 40.7 Å². The molecule has 1 atom stereocenters. The first kappa shape index (κ1) is 22.1. The van der Waals surface area contributed by atoms with Crippen molar-refractivity contribution in [1.29, 1.82) is 0 Å². The lowest BCUT2D eigenvalue weighted by Crippen LogP contribution is -2.43. The number of piperidine rings is 1. The van der Waals surface area contributed by atoms with Gasteiger partial charge >= 0.3 is 0 Å². The Kier molecular flexibility index (Phi) is 6.33. The number of benzene rings is 2. The van der Waals surface area contributed by atoms with Gasteiger partial charge in [0.25, 0.3) is 17.7 Å². The summed E-state index contributed by atoms with van der Waals surface area (Å²) in [7, 11) is 0. The van der Waals surface area contributed by atoms with E-state index < -0.39 is 11.8 Å². The van der Waals surface area contributed by atoms with Gasteiger partial charge in [0, 0.05) is 23.8 Å². The van der Waals surface area contributed by atoms with E-state index in [2.05, 4.69) is 12.2 Å². The summed E-state index contributed by atoms with van der Waals surface area (Å²) in [4.78, 5) is 42.0. The van der Waals surface area contributed by atoms with Crippen LogP contribution < -0.4 is 10.2 Å². The lowest BCUT2D eigenvalue weighted by atomic mass is 9.99. The van der Waals surface area contributed by atoms with E-state index >= 15 is 0 Å². The highest BCUT2D eigenvalue weighted by atomic mass is 35.5. The SMILES string of the molecule is CCC1CCCCN1C(=O)c1cccc(NC2=C(Cl)C(=O)N(c3ccccc3C)C2=O)c1. The molecular weight excluding hydrogens is 426 g/mol. The molecule has 0 spiro atoms. The number of aryl methyl sites for hydroxylation is 1. The lowest BCUT2D eigenvalue weighted by molar-refractivity contribution is -0.120. The van der Waals surface area contributed by atoms with E-state index in [4.69, 9.17) is 11.6 Å². The van der Waals surface area contributed by atoms with E-state index in [0.717, 1.165) is 42.7 Å². The number of nitrogens with zero attached hydrogens (tertiary/aromatic N) is 2. The molecule has 2 aliphatic heterocycles. The average Bonchev–Trinajstić information content (AvgIpc) is 3.02. The van der Waals surface area contributed by atoms with Crippen LogP contribution in [-0.4, -0.2) is 35.2 Å². The predicted octanol–water partition coefficient (Wildman–Crippen LogP) is 4.84. The summed E-state index contributed by atoms with van der Waals surface area (Å²) in [5, 5.41) is 2.81. The van der Waals surface area contributed by atoms with Gasteiger partial charge in [-0.25, -0.2) is 4.90 Å². The van der Waals surface area contributed by atoms with Gasteiger partial charge in [-0.2, -0.15) is 0 Å². The van der Waals surface area contributed by atoms with Crippen molar-refractivity contribution in [3.63, 3.8) is 0 Å². The van der Waals surface area contributed by atoms with Gasteiger partial charge in [0.1, 0.15) is 10.7 Å². The maximum atomic E-state index is 13.1. The van der Waals surface area contributed by atoms with Crippen LogP contribution in [0, 0.1) is 6.92 Å². The third-order valence-electron chi connectivity index (χ3n) is 6.12. The minimum Gasteiger partial charge on any atom is -0.350 e. The lowest BCUT2D eigenvalue weighted by Gasteiger charge is -2.35. The van der Waals surface area contributed by atoms with E-state index in [1.165, 1.54) is 0 Å². The molecular formula is C25H26ClN3O3. The van der Waals surface area contributed by atoms with Crippen LogP contribution in [-0.2, 0) is 9.59 Å². The average molecular weight is 452 g/mol. The largest absolute Gasteiger partial charge is 0.350 e. The number of hydrogen-bond acceptors (Lipinski definition) is 4. The fourth-order valence-corrected chi connectivity index (χ4v) is 4.59. The molecule has 0 aromatic heterocycles. The van der Waals surface area contributed by atoms with Crippen LogP contribution in [0.1, 0.15) is 48.5 Å². The van der Waals surface area contributed by atoms with Crippen LogP contribution in [0.2, 0.25) is 0 Å². The van der Waals surface area contributed by atoms with E-state index in [0.29, 0.717) is 16.9 Å². The maximum Gasteiger partial charge on any atom is 0.283 e. The van der Waals surface area contributed by atoms with E-state index in [1.54, 1.807) is 36.4 Å². The first-order valence-electron chi connectivity index (χ1n) is 10.9. The summed E-state index contributed by atoms with van der Waals surface area (Å²) in [6.07, 6.45) is 4.10. The molecule has 1 fully saturated rings. The van der Waals surface area contributed by atoms with Gasteiger partial charge < -0.3 is 10.2 Å². The summed E-state index contributed by atoms with van der Waals surface area (Å²) in [5.74, 6) is -1.11. The zero-order valence-corrected chi connectivity index (χ0v) is 19.0. The molecule has 1 unspecified atom stereocenters. The standard InChI is InChI=1S/C25H26ClN3O3/c1-3-19-12-6-7-14-28(19)23(30)17-10-8-11-18(15-17)27-22-21(26)24(31)29(25(22)32)20-13-5-4-9-16(20)2/h4-5,8-11,13,15,19,27H,3,6-7,12,14H2,1-2H3. The molecule has 0 bridgehead atoms. The van der Waals surface area contributed by atoms with Crippen molar-refractivity contribution in [2.45, 2.75) is 45.6 Å². The van der Waals surface area contributed by atoms with Crippen LogP contribution in [0.15, 0.2) is 59.3 Å². The monoisotopic (exact) mass is 451 g/mol. The molecule has 6 nitrogen and oxygen atoms in total. The second kappa shape index (κ2) is 9.17. The number of anilines is 2. The van der Waals surface area contributed by atoms with Gasteiger partial charge in [0.05, 0.1) is 5.69 Å². The molecule has 7 heteroatoms. The molecule has 4 rings (SSSR count). The molecule has 1 N–H and O–H groups in total. The quantitative estimate of drug-likeness (QED) is 0.660. The number of nitrogens with one attached hydrogen (secondary N) is 1. The van der Waals surface area contributed by atoms with Crippen molar-refractivity contribution in [2.75, 3.05) is 16.8 Å². The number of para-hydroxylation sites is 1. The number of amides is 3. The van der Waals surface area contributed by atoms with E-state index in [-0.39, 0.29) is 22.7 Å². The number of imide groups is 1. The molecule has 2 heterocycles. The van der Waals surface area contributed by atoms with Crippen molar-refractivity contribution < 1.29 is 14.4 Å². The molecule has 166 valence electrons. The van der Waals surface area contributed by atoms with Gasteiger partial charge in [-0.05, 0) is 62.4 Å². The number of carbonyl (C=O) groups excluding carboxylic acids is 3. The number of likely N-dealkylation sites (tertiary alicyclic amines) is 1. The Bertz CT molecular complexity index is 1110. The normalized spacial score (nSPS) is 19.0. The summed E-state index contributed by atoms with van der Waals surface area (Å²) in [5.41, 5.74) is 2.37. The van der Waals surface area contributed by atoms with Gasteiger partial charge in [-0.15, -0.1) is 0 Å². The second-order valence-electron chi connectivity index (χ2n) is 8.18. The van der Waals surface area contributed by atoms with Gasteiger partial charge in [-0.1, -0.05) is 42.8 Å². The first-order chi connectivity index (χ1) is 15.4.